The number of anilines is 1. The average Bonchev–Trinajstić information content (AvgIpc) is 2.83. The van der Waals surface area contributed by atoms with Crippen LogP contribution in [0, 0.1) is 19.5 Å². The van der Waals surface area contributed by atoms with E-state index >= 15 is 0 Å². The van der Waals surface area contributed by atoms with Crippen molar-refractivity contribution in [1.82, 2.24) is 0 Å². The zero-order valence-corrected chi connectivity index (χ0v) is 12.0. The molecule has 0 saturated carbocycles. The molecule has 2 aromatic rings. The zero-order valence-electron chi connectivity index (χ0n) is 9.02. The van der Waals surface area contributed by atoms with Crippen molar-refractivity contribution in [1.29, 1.82) is 0 Å². The Kier molecular flexibility index (Phi) is 4.12. The number of rotatable bonds is 4. The van der Waals surface area contributed by atoms with Crippen molar-refractivity contribution >= 4 is 45.3 Å². The summed E-state index contributed by atoms with van der Waals surface area (Å²) in [7, 11) is 0. The van der Waals surface area contributed by atoms with Crippen LogP contribution in [-0.4, -0.2) is 4.92 Å². The maximum Gasteiger partial charge on any atom is 0.293 e. The number of thiophene rings is 1. The van der Waals surface area contributed by atoms with E-state index in [1.165, 1.54) is 17.4 Å². The van der Waals surface area contributed by atoms with Gasteiger partial charge in [0.05, 0.1) is 8.49 Å². The number of nitro groups is 1. The van der Waals surface area contributed by atoms with Crippen LogP contribution in [0.25, 0.3) is 0 Å². The summed E-state index contributed by atoms with van der Waals surface area (Å²) >= 11 is 3.27. The van der Waals surface area contributed by atoms with E-state index in [9.17, 15) is 14.5 Å². The minimum atomic E-state index is -0.516. The van der Waals surface area contributed by atoms with Crippen molar-refractivity contribution in [3.05, 3.63) is 54.0 Å². The highest BCUT2D eigenvalue weighted by molar-refractivity contribution is 14.1. The SMILES string of the molecule is O=[N+]([O-])c1cc(I)c(F)cc1NCc1cccs1. The minimum Gasteiger partial charge on any atom is -0.375 e. The predicted molar refractivity (Wildman–Crippen MR) is 77.4 cm³/mol. The highest BCUT2D eigenvalue weighted by Crippen LogP contribution is 2.29. The molecule has 0 radical (unpaired) electrons. The van der Waals surface area contributed by atoms with E-state index in [2.05, 4.69) is 5.32 Å². The van der Waals surface area contributed by atoms with Crippen LogP contribution in [-0.2, 0) is 6.54 Å². The summed E-state index contributed by atoms with van der Waals surface area (Å²) in [6, 6.07) is 6.19. The normalized spacial score (nSPS) is 10.3. The lowest BCUT2D eigenvalue weighted by molar-refractivity contribution is -0.384. The Balaban J connectivity index is 2.25. The summed E-state index contributed by atoms with van der Waals surface area (Å²) in [5, 5.41) is 15.7. The van der Waals surface area contributed by atoms with E-state index in [4.69, 9.17) is 0 Å². The molecule has 0 bridgehead atoms. The topological polar surface area (TPSA) is 55.2 Å². The van der Waals surface area contributed by atoms with Gasteiger partial charge in [0.1, 0.15) is 11.5 Å². The number of halogens is 2. The van der Waals surface area contributed by atoms with Crippen LogP contribution in [0.4, 0.5) is 15.8 Å². The van der Waals surface area contributed by atoms with Crippen LogP contribution in [0.2, 0.25) is 0 Å². The number of hydrogen-bond acceptors (Lipinski definition) is 4. The van der Waals surface area contributed by atoms with E-state index in [-0.39, 0.29) is 14.9 Å². The summed E-state index contributed by atoms with van der Waals surface area (Å²) in [4.78, 5) is 11.4. The number of nitrogens with one attached hydrogen (secondary N) is 1. The molecular weight excluding hydrogens is 370 g/mol. The Morgan fingerprint density at radius 3 is 2.89 bits per heavy atom. The lowest BCUT2D eigenvalue weighted by Crippen LogP contribution is -2.03. The van der Waals surface area contributed by atoms with Gasteiger partial charge < -0.3 is 5.32 Å². The lowest BCUT2D eigenvalue weighted by Gasteiger charge is -2.07. The second kappa shape index (κ2) is 5.61. The molecule has 1 N–H and O–H groups in total. The third kappa shape index (κ3) is 2.96. The molecule has 0 aliphatic rings. The van der Waals surface area contributed by atoms with Crippen molar-refractivity contribution in [3.63, 3.8) is 0 Å². The molecule has 94 valence electrons. The summed E-state index contributed by atoms with van der Waals surface area (Å²) in [5.74, 6) is -0.463. The Hall–Kier alpha value is -1.22. The number of nitrogens with zero attached hydrogens (tertiary/aromatic N) is 1. The van der Waals surface area contributed by atoms with E-state index in [0.717, 1.165) is 10.9 Å². The fraction of sp³-hybridized carbons (Fsp3) is 0.0909. The zero-order chi connectivity index (χ0) is 13.1. The summed E-state index contributed by atoms with van der Waals surface area (Å²) in [6.07, 6.45) is 0. The first-order valence-corrected chi connectivity index (χ1v) is 6.93. The fourth-order valence-corrected chi connectivity index (χ4v) is 2.52. The number of benzene rings is 1. The molecule has 1 heterocycles. The second-order valence-corrected chi connectivity index (χ2v) is 5.67. The Labute approximate surface area is 120 Å². The molecule has 1 aromatic carbocycles. The Morgan fingerprint density at radius 2 is 2.28 bits per heavy atom. The molecule has 0 amide bonds. The third-order valence-electron chi connectivity index (χ3n) is 2.27. The molecule has 2 rings (SSSR count). The molecule has 7 heteroatoms. The smallest absolute Gasteiger partial charge is 0.293 e. The number of hydrogen-bond donors (Lipinski definition) is 1. The van der Waals surface area contributed by atoms with Gasteiger partial charge in [-0.25, -0.2) is 4.39 Å². The van der Waals surface area contributed by atoms with Crippen molar-refractivity contribution < 1.29 is 9.31 Å². The minimum absolute atomic E-state index is 0.114. The highest BCUT2D eigenvalue weighted by Gasteiger charge is 2.17. The molecule has 0 spiro atoms. The van der Waals surface area contributed by atoms with Crippen LogP contribution < -0.4 is 5.32 Å². The van der Waals surface area contributed by atoms with Gasteiger partial charge in [0, 0.05) is 23.6 Å². The van der Waals surface area contributed by atoms with Crippen molar-refractivity contribution in [2.75, 3.05) is 5.32 Å². The van der Waals surface area contributed by atoms with Gasteiger partial charge in [-0.15, -0.1) is 11.3 Å². The van der Waals surface area contributed by atoms with E-state index in [1.54, 1.807) is 22.6 Å². The first-order chi connectivity index (χ1) is 8.58. The van der Waals surface area contributed by atoms with Crippen LogP contribution in [0.1, 0.15) is 4.88 Å². The number of nitro benzene ring substituents is 1. The van der Waals surface area contributed by atoms with Gasteiger partial charge in [-0.3, -0.25) is 10.1 Å². The largest absolute Gasteiger partial charge is 0.375 e. The Bertz CT molecular complexity index is 575. The van der Waals surface area contributed by atoms with Crippen LogP contribution in [0.3, 0.4) is 0 Å². The quantitative estimate of drug-likeness (QED) is 0.497. The molecular formula is C11H8FIN2O2S. The van der Waals surface area contributed by atoms with Crippen molar-refractivity contribution in [3.8, 4) is 0 Å². The van der Waals surface area contributed by atoms with Crippen LogP contribution in [0.5, 0.6) is 0 Å². The maximum atomic E-state index is 13.4. The second-order valence-electron chi connectivity index (χ2n) is 3.47. The monoisotopic (exact) mass is 378 g/mol. The molecule has 0 atom stereocenters. The van der Waals surface area contributed by atoms with Gasteiger partial charge in [0.25, 0.3) is 5.69 Å². The molecule has 0 aliphatic carbocycles. The summed E-state index contributed by atoms with van der Waals surface area (Å²) < 4.78 is 13.7. The van der Waals surface area contributed by atoms with E-state index in [1.807, 2.05) is 17.5 Å². The lowest BCUT2D eigenvalue weighted by atomic mass is 10.2. The van der Waals surface area contributed by atoms with E-state index in [0.29, 0.717) is 6.54 Å². The van der Waals surface area contributed by atoms with Gasteiger partial charge in [-0.1, -0.05) is 6.07 Å². The van der Waals surface area contributed by atoms with Crippen LogP contribution in [0.15, 0.2) is 29.6 Å². The Morgan fingerprint density at radius 1 is 1.50 bits per heavy atom. The molecule has 0 aliphatic heterocycles. The summed E-state index contributed by atoms with van der Waals surface area (Å²) in [6.45, 7) is 0.443. The molecule has 0 unspecified atom stereocenters. The van der Waals surface area contributed by atoms with Gasteiger partial charge in [0.15, 0.2) is 0 Å². The first-order valence-electron chi connectivity index (χ1n) is 4.97. The van der Waals surface area contributed by atoms with E-state index < -0.39 is 10.7 Å². The summed E-state index contributed by atoms with van der Waals surface area (Å²) in [5.41, 5.74) is 0.0867. The maximum absolute atomic E-state index is 13.4. The molecule has 0 saturated heterocycles. The van der Waals surface area contributed by atoms with Crippen molar-refractivity contribution in [2.45, 2.75) is 6.54 Å². The van der Waals surface area contributed by atoms with Crippen molar-refractivity contribution in [2.24, 2.45) is 0 Å². The standard InChI is InChI=1S/C11H8FIN2O2S/c12-8-4-10(11(15(16)17)5-9(8)13)14-6-7-2-1-3-18-7/h1-5,14H,6H2. The van der Waals surface area contributed by atoms with Gasteiger partial charge >= 0.3 is 0 Å². The average molecular weight is 378 g/mol. The first kappa shape index (κ1) is 13.2. The molecule has 0 fully saturated rings. The van der Waals surface area contributed by atoms with Gasteiger partial charge in [0.2, 0.25) is 0 Å². The van der Waals surface area contributed by atoms with Gasteiger partial charge in [-0.05, 0) is 34.0 Å². The highest BCUT2D eigenvalue weighted by atomic mass is 127. The molecule has 4 nitrogen and oxygen atoms in total. The van der Waals surface area contributed by atoms with Crippen LogP contribution >= 0.6 is 33.9 Å². The molecule has 18 heavy (non-hydrogen) atoms. The molecule has 1 aromatic heterocycles. The predicted octanol–water partition coefficient (Wildman–Crippen LogP) is 4.01. The fourth-order valence-electron chi connectivity index (χ4n) is 1.42. The third-order valence-corrected chi connectivity index (χ3v) is 3.97. The van der Waals surface area contributed by atoms with Gasteiger partial charge in [-0.2, -0.15) is 0 Å².